The van der Waals surface area contributed by atoms with Crippen molar-refractivity contribution in [1.29, 1.82) is 0 Å². The second-order valence-electron chi connectivity index (χ2n) is 6.96. The first-order valence-electron chi connectivity index (χ1n) is 9.60. The van der Waals surface area contributed by atoms with Crippen molar-refractivity contribution in [3.63, 3.8) is 0 Å². The van der Waals surface area contributed by atoms with E-state index in [0.717, 1.165) is 0 Å². The molecule has 32 heavy (non-hydrogen) atoms. The van der Waals surface area contributed by atoms with Crippen molar-refractivity contribution in [2.75, 3.05) is 13.7 Å². The van der Waals surface area contributed by atoms with Gasteiger partial charge in [-0.15, -0.1) is 0 Å². The maximum Gasteiger partial charge on any atom is 0.343 e. The minimum Gasteiger partial charge on any atom is -0.481 e. The molecular formula is C22H23BrClN3O5. The highest BCUT2D eigenvalue weighted by molar-refractivity contribution is 9.10. The predicted molar refractivity (Wildman–Crippen MR) is 125 cm³/mol. The summed E-state index contributed by atoms with van der Waals surface area (Å²) in [7, 11) is 1.28. The van der Waals surface area contributed by atoms with E-state index in [-0.39, 0.29) is 18.1 Å². The molecule has 0 aliphatic heterocycles. The van der Waals surface area contributed by atoms with Crippen molar-refractivity contribution in [1.82, 2.24) is 10.7 Å². The molecule has 1 unspecified atom stereocenters. The number of benzene rings is 2. The molecule has 0 radical (unpaired) electrons. The van der Waals surface area contributed by atoms with Crippen LogP contribution in [0.25, 0.3) is 0 Å². The Hall–Kier alpha value is -2.91. The number of carbonyl (C=O) groups is 3. The average molecular weight is 525 g/mol. The molecule has 0 heterocycles. The Kier molecular flexibility index (Phi) is 9.67. The number of halogens is 2. The van der Waals surface area contributed by atoms with Crippen molar-refractivity contribution in [3.8, 4) is 5.75 Å². The molecule has 0 aliphatic carbocycles. The molecule has 0 fully saturated rings. The summed E-state index contributed by atoms with van der Waals surface area (Å²) in [4.78, 5) is 36.3. The maximum absolute atomic E-state index is 12.6. The molecule has 170 valence electrons. The van der Waals surface area contributed by atoms with Crippen molar-refractivity contribution in [2.24, 2.45) is 11.0 Å². The van der Waals surface area contributed by atoms with Gasteiger partial charge in [-0.05, 0) is 57.7 Å². The van der Waals surface area contributed by atoms with E-state index in [4.69, 9.17) is 16.3 Å². The quantitative estimate of drug-likeness (QED) is 0.296. The number of esters is 1. The van der Waals surface area contributed by atoms with E-state index in [2.05, 4.69) is 36.5 Å². The molecule has 2 amide bonds. The zero-order chi connectivity index (χ0) is 23.7. The molecule has 2 aromatic rings. The summed E-state index contributed by atoms with van der Waals surface area (Å²) in [5, 5.41) is 6.96. The van der Waals surface area contributed by atoms with Gasteiger partial charge in [-0.3, -0.25) is 9.59 Å². The largest absolute Gasteiger partial charge is 0.481 e. The van der Waals surface area contributed by atoms with Gasteiger partial charge in [-0.2, -0.15) is 5.10 Å². The molecule has 0 aromatic heterocycles. The van der Waals surface area contributed by atoms with Crippen LogP contribution in [0.15, 0.2) is 52.0 Å². The summed E-state index contributed by atoms with van der Waals surface area (Å²) >= 11 is 9.41. The third-order valence-corrected chi connectivity index (χ3v) is 5.22. The molecule has 0 saturated carbocycles. The summed E-state index contributed by atoms with van der Waals surface area (Å²) in [5.41, 5.74) is 3.40. The van der Waals surface area contributed by atoms with E-state index >= 15 is 0 Å². The zero-order valence-electron chi connectivity index (χ0n) is 17.7. The fourth-order valence-corrected chi connectivity index (χ4v) is 3.28. The van der Waals surface area contributed by atoms with Gasteiger partial charge in [0.05, 0.1) is 28.4 Å². The van der Waals surface area contributed by atoms with Gasteiger partial charge in [-0.1, -0.05) is 37.6 Å². The second-order valence-corrected chi connectivity index (χ2v) is 8.23. The van der Waals surface area contributed by atoms with E-state index in [0.29, 0.717) is 20.8 Å². The minimum atomic E-state index is -0.809. The lowest BCUT2D eigenvalue weighted by Crippen LogP contribution is -2.48. The Morgan fingerprint density at radius 3 is 2.53 bits per heavy atom. The number of amides is 2. The van der Waals surface area contributed by atoms with Crippen molar-refractivity contribution < 1.29 is 23.9 Å². The van der Waals surface area contributed by atoms with Crippen LogP contribution in [-0.4, -0.2) is 43.8 Å². The van der Waals surface area contributed by atoms with Gasteiger partial charge in [0.15, 0.2) is 6.61 Å². The lowest BCUT2D eigenvalue weighted by Gasteiger charge is -2.20. The molecule has 2 rings (SSSR count). The van der Waals surface area contributed by atoms with Gasteiger partial charge in [0, 0.05) is 0 Å². The van der Waals surface area contributed by atoms with Gasteiger partial charge >= 0.3 is 5.97 Å². The van der Waals surface area contributed by atoms with Gasteiger partial charge in [0.25, 0.3) is 11.8 Å². The van der Waals surface area contributed by atoms with Gasteiger partial charge < -0.3 is 14.8 Å². The van der Waals surface area contributed by atoms with Crippen LogP contribution in [-0.2, 0) is 14.3 Å². The molecule has 2 N–H and O–H groups in total. The highest BCUT2D eigenvalue weighted by Crippen LogP contribution is 2.25. The van der Waals surface area contributed by atoms with Crippen LogP contribution in [0, 0.1) is 5.92 Å². The van der Waals surface area contributed by atoms with Gasteiger partial charge in [0.1, 0.15) is 11.8 Å². The van der Waals surface area contributed by atoms with Crippen LogP contribution >= 0.6 is 27.5 Å². The normalized spacial score (nSPS) is 11.8. The smallest absolute Gasteiger partial charge is 0.343 e. The van der Waals surface area contributed by atoms with Gasteiger partial charge in [-0.25, -0.2) is 10.2 Å². The van der Waals surface area contributed by atoms with Crippen molar-refractivity contribution in [3.05, 3.63) is 63.1 Å². The summed E-state index contributed by atoms with van der Waals surface area (Å²) in [5.74, 6) is -1.13. The van der Waals surface area contributed by atoms with Crippen molar-refractivity contribution >= 4 is 51.5 Å². The number of ether oxygens (including phenoxy) is 2. The maximum atomic E-state index is 12.6. The van der Waals surface area contributed by atoms with Crippen LogP contribution in [0.4, 0.5) is 0 Å². The first-order valence-corrected chi connectivity index (χ1v) is 10.8. The van der Waals surface area contributed by atoms with Crippen LogP contribution in [0.2, 0.25) is 5.02 Å². The number of hydrazone groups is 1. The number of carbonyl (C=O) groups excluding carboxylic acids is 3. The summed E-state index contributed by atoms with van der Waals surface area (Å²) < 4.78 is 10.5. The zero-order valence-corrected chi connectivity index (χ0v) is 20.1. The highest BCUT2D eigenvalue weighted by atomic mass is 79.9. The molecule has 2 aromatic carbocycles. The summed E-state index contributed by atoms with van der Waals surface area (Å²) in [6.45, 7) is 3.41. The molecule has 0 spiro atoms. The second kappa shape index (κ2) is 12.2. The number of hydrogen-bond donors (Lipinski definition) is 2. The van der Waals surface area contributed by atoms with Crippen LogP contribution in [0.1, 0.15) is 29.8 Å². The topological polar surface area (TPSA) is 106 Å². The number of nitrogens with zero attached hydrogens (tertiary/aromatic N) is 1. The third kappa shape index (κ3) is 7.35. The molecule has 0 aliphatic rings. The van der Waals surface area contributed by atoms with E-state index in [1.165, 1.54) is 13.3 Å². The Labute approximate surface area is 199 Å². The van der Waals surface area contributed by atoms with Crippen molar-refractivity contribution in [2.45, 2.75) is 19.9 Å². The van der Waals surface area contributed by atoms with E-state index in [9.17, 15) is 14.4 Å². The first-order chi connectivity index (χ1) is 15.2. The molecule has 1 atom stereocenters. The van der Waals surface area contributed by atoms with E-state index in [1.54, 1.807) is 42.5 Å². The number of methoxy groups -OCH3 is 1. The summed E-state index contributed by atoms with van der Waals surface area (Å²) in [6, 6.07) is 10.9. The number of hydrogen-bond acceptors (Lipinski definition) is 6. The average Bonchev–Trinajstić information content (AvgIpc) is 2.76. The number of nitrogens with one attached hydrogen (secondary N) is 2. The lowest BCUT2D eigenvalue weighted by atomic mass is 10.0. The molecular weight excluding hydrogens is 502 g/mol. The number of rotatable bonds is 9. The van der Waals surface area contributed by atoms with Crippen LogP contribution < -0.4 is 15.5 Å². The standard InChI is InChI=1S/C22H23BrClN3O5/c1-13(2)20(26-21(29)15-6-4-5-7-17(15)24)22(30)27-25-11-14-8-9-18(16(23)10-14)32-12-19(28)31-3/h4-11,13,20H,12H2,1-3H3,(H,26,29)(H,27,30). The molecule has 8 nitrogen and oxygen atoms in total. The Balaban J connectivity index is 1.99. The first kappa shape index (κ1) is 25.4. The van der Waals surface area contributed by atoms with E-state index < -0.39 is 23.8 Å². The lowest BCUT2D eigenvalue weighted by molar-refractivity contribution is -0.142. The molecule has 0 saturated heterocycles. The SMILES string of the molecule is COC(=O)COc1ccc(C=NNC(=O)C(NC(=O)c2ccccc2Cl)C(C)C)cc1Br. The minimum absolute atomic E-state index is 0.183. The third-order valence-electron chi connectivity index (χ3n) is 4.27. The summed E-state index contributed by atoms with van der Waals surface area (Å²) in [6.07, 6.45) is 1.44. The van der Waals surface area contributed by atoms with Crippen LogP contribution in [0.5, 0.6) is 5.75 Å². The molecule has 0 bridgehead atoms. The Bertz CT molecular complexity index is 1010. The van der Waals surface area contributed by atoms with Crippen LogP contribution in [0.3, 0.4) is 0 Å². The Morgan fingerprint density at radius 1 is 1.19 bits per heavy atom. The fraction of sp³-hybridized carbons (Fsp3) is 0.273. The fourth-order valence-electron chi connectivity index (χ4n) is 2.55. The van der Waals surface area contributed by atoms with E-state index in [1.807, 2.05) is 13.8 Å². The van der Waals surface area contributed by atoms with Gasteiger partial charge in [0.2, 0.25) is 0 Å². The monoisotopic (exact) mass is 523 g/mol. The Morgan fingerprint density at radius 2 is 1.91 bits per heavy atom. The molecule has 10 heteroatoms. The predicted octanol–water partition coefficient (Wildman–Crippen LogP) is 3.56. The highest BCUT2D eigenvalue weighted by Gasteiger charge is 2.25.